The molecule has 0 fully saturated rings. The van der Waals surface area contributed by atoms with E-state index in [4.69, 9.17) is 11.6 Å². The summed E-state index contributed by atoms with van der Waals surface area (Å²) in [6.07, 6.45) is 0. The van der Waals surface area contributed by atoms with Crippen LogP contribution in [0.1, 0.15) is 42.8 Å². The van der Waals surface area contributed by atoms with Gasteiger partial charge in [0.25, 0.3) is 5.91 Å². The lowest BCUT2D eigenvalue weighted by Crippen LogP contribution is -2.38. The maximum Gasteiger partial charge on any atom is 0.255 e. The lowest BCUT2D eigenvalue weighted by Gasteiger charge is -2.29. The third-order valence-corrected chi connectivity index (χ3v) is 6.87. The minimum Gasteiger partial charge on any atom is -0.324 e. The lowest BCUT2D eigenvalue weighted by molar-refractivity contribution is -0.117. The van der Waals surface area contributed by atoms with E-state index in [2.05, 4.69) is 5.32 Å². The number of hydrogen-bond acceptors (Lipinski definition) is 4. The minimum absolute atomic E-state index is 0.113. The van der Waals surface area contributed by atoms with Crippen LogP contribution in [-0.2, 0) is 4.79 Å². The predicted molar refractivity (Wildman–Crippen MR) is 134 cm³/mol. The predicted octanol–water partition coefficient (Wildman–Crippen LogP) is 5.82. The Kier molecular flexibility index (Phi) is 6.01. The topological polar surface area (TPSA) is 66.5 Å². The van der Waals surface area contributed by atoms with Gasteiger partial charge < -0.3 is 10.2 Å². The van der Waals surface area contributed by atoms with E-state index in [1.54, 1.807) is 59.5 Å². The second kappa shape index (κ2) is 9.25. The van der Waals surface area contributed by atoms with Crippen LogP contribution in [0.15, 0.2) is 90.3 Å². The molecule has 3 aromatic carbocycles. The van der Waals surface area contributed by atoms with E-state index in [1.807, 2.05) is 35.7 Å². The summed E-state index contributed by atoms with van der Waals surface area (Å²) in [6.45, 7) is -0.113. The van der Waals surface area contributed by atoms with Crippen LogP contribution in [0.2, 0.25) is 5.02 Å². The van der Waals surface area contributed by atoms with E-state index in [1.165, 1.54) is 11.3 Å². The van der Waals surface area contributed by atoms with Gasteiger partial charge in [0.05, 0.1) is 6.04 Å². The number of thiophene rings is 1. The summed E-state index contributed by atoms with van der Waals surface area (Å²) in [7, 11) is 0. The molecule has 1 aliphatic rings. The Morgan fingerprint density at radius 1 is 0.882 bits per heavy atom. The zero-order valence-electron chi connectivity index (χ0n) is 17.9. The first-order valence-electron chi connectivity index (χ1n) is 10.6. The molecule has 5 nitrogen and oxygen atoms in total. The van der Waals surface area contributed by atoms with E-state index >= 15 is 0 Å². The number of halogens is 1. The van der Waals surface area contributed by atoms with E-state index in [9.17, 15) is 14.4 Å². The number of nitrogens with zero attached hydrogens (tertiary/aromatic N) is 1. The number of rotatable bonds is 4. The number of carbonyl (C=O) groups excluding carboxylic acids is 3. The van der Waals surface area contributed by atoms with Crippen LogP contribution in [0, 0.1) is 0 Å². The summed E-state index contributed by atoms with van der Waals surface area (Å²) >= 11 is 7.80. The molecule has 2 amide bonds. The number of benzene rings is 3. The average molecular weight is 487 g/mol. The molecule has 0 bridgehead atoms. The van der Waals surface area contributed by atoms with Gasteiger partial charge in [0.2, 0.25) is 5.91 Å². The molecular weight excluding hydrogens is 468 g/mol. The number of nitrogens with one attached hydrogen (secondary N) is 1. The third-order valence-electron chi connectivity index (χ3n) is 5.71. The molecule has 168 valence electrons. The van der Waals surface area contributed by atoms with Gasteiger partial charge >= 0.3 is 0 Å². The second-order valence-corrected chi connectivity index (χ2v) is 9.32. The first-order valence-corrected chi connectivity index (χ1v) is 11.9. The van der Waals surface area contributed by atoms with E-state index in [-0.39, 0.29) is 24.1 Å². The van der Waals surface area contributed by atoms with Crippen molar-refractivity contribution in [3.63, 3.8) is 0 Å². The van der Waals surface area contributed by atoms with Gasteiger partial charge in [-0.15, -0.1) is 11.3 Å². The van der Waals surface area contributed by atoms with Gasteiger partial charge in [-0.25, -0.2) is 0 Å². The smallest absolute Gasteiger partial charge is 0.255 e. The first kappa shape index (κ1) is 22.1. The van der Waals surface area contributed by atoms with Crippen LogP contribution in [0.5, 0.6) is 0 Å². The van der Waals surface area contributed by atoms with Gasteiger partial charge in [0.15, 0.2) is 5.78 Å². The molecule has 34 heavy (non-hydrogen) atoms. The average Bonchev–Trinajstić information content (AvgIpc) is 3.35. The van der Waals surface area contributed by atoms with E-state index in [0.717, 1.165) is 10.4 Å². The maximum atomic E-state index is 13.7. The Morgan fingerprint density at radius 3 is 2.29 bits per heavy atom. The highest BCUT2D eigenvalue weighted by molar-refractivity contribution is 7.10. The quantitative estimate of drug-likeness (QED) is 0.370. The highest BCUT2D eigenvalue weighted by Crippen LogP contribution is 2.39. The molecule has 0 saturated heterocycles. The monoisotopic (exact) mass is 486 g/mol. The molecular formula is C27H19ClN2O3S. The highest BCUT2D eigenvalue weighted by Gasteiger charge is 2.34. The van der Waals surface area contributed by atoms with Crippen molar-refractivity contribution in [3.05, 3.63) is 122 Å². The van der Waals surface area contributed by atoms with Gasteiger partial charge in [-0.05, 0) is 41.8 Å². The van der Waals surface area contributed by atoms with Crippen molar-refractivity contribution in [2.24, 2.45) is 0 Å². The van der Waals surface area contributed by atoms with Crippen LogP contribution in [0.25, 0.3) is 0 Å². The molecule has 0 aliphatic carbocycles. The van der Waals surface area contributed by atoms with Crippen molar-refractivity contribution in [2.45, 2.75) is 6.04 Å². The summed E-state index contributed by atoms with van der Waals surface area (Å²) in [5.41, 5.74) is 2.85. The molecule has 0 saturated carbocycles. The molecule has 7 heteroatoms. The molecule has 1 unspecified atom stereocenters. The zero-order valence-corrected chi connectivity index (χ0v) is 19.5. The maximum absolute atomic E-state index is 13.7. The van der Waals surface area contributed by atoms with Crippen molar-refractivity contribution < 1.29 is 14.4 Å². The van der Waals surface area contributed by atoms with E-state index < -0.39 is 6.04 Å². The van der Waals surface area contributed by atoms with Gasteiger partial charge in [0.1, 0.15) is 6.54 Å². The molecule has 5 rings (SSSR count). The Bertz CT molecular complexity index is 1370. The van der Waals surface area contributed by atoms with E-state index in [0.29, 0.717) is 27.4 Å². The van der Waals surface area contributed by atoms with Gasteiger partial charge in [-0.1, -0.05) is 60.1 Å². The largest absolute Gasteiger partial charge is 0.324 e. The Labute approximate surface area is 205 Å². The number of carbonyl (C=O) groups is 3. The van der Waals surface area contributed by atoms with Crippen LogP contribution in [-0.4, -0.2) is 29.0 Å². The number of hydrogen-bond donors (Lipinski definition) is 1. The lowest BCUT2D eigenvalue weighted by atomic mass is 9.99. The van der Waals surface area contributed by atoms with Crippen molar-refractivity contribution in [3.8, 4) is 0 Å². The summed E-state index contributed by atoms with van der Waals surface area (Å²) in [5, 5.41) is 5.35. The second-order valence-electron chi connectivity index (χ2n) is 7.90. The summed E-state index contributed by atoms with van der Waals surface area (Å²) in [4.78, 5) is 41.6. The molecule has 0 spiro atoms. The number of ketones is 1. The SMILES string of the molecule is O=C1CN(C(=O)c2ccc(C(=O)c3ccccc3)cc2)C(c2cccs2)c2cc(Cl)ccc2N1. The highest BCUT2D eigenvalue weighted by atomic mass is 35.5. The van der Waals surface area contributed by atoms with Crippen molar-refractivity contribution >= 4 is 46.2 Å². The van der Waals surface area contributed by atoms with Crippen LogP contribution >= 0.6 is 22.9 Å². The fraction of sp³-hybridized carbons (Fsp3) is 0.0741. The third kappa shape index (κ3) is 4.25. The molecule has 4 aromatic rings. The fourth-order valence-electron chi connectivity index (χ4n) is 4.11. The Hall–Kier alpha value is -3.74. The standard InChI is InChI=1S/C27H19ClN2O3S/c28-20-12-13-22-21(15-20)25(23-7-4-14-34-23)30(16-24(31)29-22)27(33)19-10-8-18(9-11-19)26(32)17-5-2-1-3-6-17/h1-15,25H,16H2,(H,29,31). The molecule has 0 radical (unpaired) electrons. The molecule has 1 atom stereocenters. The van der Waals surface area contributed by atoms with Crippen LogP contribution in [0.3, 0.4) is 0 Å². The number of anilines is 1. The fourth-order valence-corrected chi connectivity index (χ4v) is 5.14. The van der Waals surface area contributed by atoms with Crippen LogP contribution < -0.4 is 5.32 Å². The first-order chi connectivity index (χ1) is 16.5. The Morgan fingerprint density at radius 2 is 1.59 bits per heavy atom. The number of amides is 2. The minimum atomic E-state index is -0.481. The molecule has 1 aliphatic heterocycles. The molecule has 2 heterocycles. The van der Waals surface area contributed by atoms with Gasteiger partial charge in [-0.3, -0.25) is 14.4 Å². The van der Waals surface area contributed by atoms with Gasteiger partial charge in [0, 0.05) is 37.8 Å². The zero-order chi connectivity index (χ0) is 23.7. The normalized spacial score (nSPS) is 15.3. The van der Waals surface area contributed by atoms with Crippen LogP contribution in [0.4, 0.5) is 5.69 Å². The summed E-state index contributed by atoms with van der Waals surface area (Å²) < 4.78 is 0. The number of fused-ring (bicyclic) bond motifs is 1. The molecule has 1 aromatic heterocycles. The van der Waals surface area contributed by atoms with Crippen molar-refractivity contribution in [2.75, 3.05) is 11.9 Å². The summed E-state index contributed by atoms with van der Waals surface area (Å²) in [5.74, 6) is -0.708. The van der Waals surface area contributed by atoms with Crippen molar-refractivity contribution in [1.29, 1.82) is 0 Å². The Balaban J connectivity index is 1.51. The van der Waals surface area contributed by atoms with Gasteiger partial charge in [-0.2, -0.15) is 0 Å². The molecule has 1 N–H and O–H groups in total. The summed E-state index contributed by atoms with van der Waals surface area (Å²) in [6, 6.07) is 24.2. The van der Waals surface area contributed by atoms with Crippen molar-refractivity contribution in [1.82, 2.24) is 4.90 Å².